The standard InChI is InChI=1S/C29H33N3O3/c1-4-20(2)32-14-11-29(34,12-15-32)24-8-10-26-23(17-24)18-27(35-26)28(33)31(3)19-21-7-9-25-22(16-21)6-5-13-30-25/h5-10,13,16-18,20,34H,4,11-12,14-15,19H2,1-3H3/t20-/m0/s1. The van der Waals surface area contributed by atoms with Gasteiger partial charge in [0.25, 0.3) is 5.91 Å². The van der Waals surface area contributed by atoms with Crippen molar-refractivity contribution in [1.82, 2.24) is 14.8 Å². The Morgan fingerprint density at radius 1 is 1.14 bits per heavy atom. The van der Waals surface area contributed by atoms with Crippen LogP contribution < -0.4 is 0 Å². The number of carbonyl (C=O) groups excluding carboxylic acids is 1. The zero-order chi connectivity index (χ0) is 24.6. The third-order valence-corrected chi connectivity index (χ3v) is 7.54. The molecule has 6 heteroatoms. The molecule has 1 aliphatic heterocycles. The van der Waals surface area contributed by atoms with E-state index in [-0.39, 0.29) is 5.91 Å². The molecule has 2 aromatic carbocycles. The van der Waals surface area contributed by atoms with Crippen LogP contribution in [0.4, 0.5) is 0 Å². The molecule has 0 spiro atoms. The molecule has 0 saturated carbocycles. The molecule has 5 rings (SSSR count). The predicted octanol–water partition coefficient (Wildman–Crippen LogP) is 5.34. The Balaban J connectivity index is 1.31. The van der Waals surface area contributed by atoms with Gasteiger partial charge in [-0.1, -0.05) is 25.1 Å². The highest BCUT2D eigenvalue weighted by molar-refractivity contribution is 5.96. The van der Waals surface area contributed by atoms with E-state index in [1.165, 1.54) is 0 Å². The van der Waals surface area contributed by atoms with Gasteiger partial charge in [-0.05, 0) is 73.7 Å². The van der Waals surface area contributed by atoms with E-state index in [0.29, 0.717) is 36.8 Å². The van der Waals surface area contributed by atoms with E-state index in [1.807, 2.05) is 42.5 Å². The van der Waals surface area contributed by atoms with Crippen LogP contribution in [0.3, 0.4) is 0 Å². The van der Waals surface area contributed by atoms with Crippen molar-refractivity contribution in [1.29, 1.82) is 0 Å². The van der Waals surface area contributed by atoms with Crippen LogP contribution in [0.25, 0.3) is 21.9 Å². The topological polar surface area (TPSA) is 69.8 Å². The first-order valence-electron chi connectivity index (χ1n) is 12.5. The molecule has 3 heterocycles. The number of carbonyl (C=O) groups is 1. The highest BCUT2D eigenvalue weighted by atomic mass is 16.3. The van der Waals surface area contributed by atoms with E-state index in [1.54, 1.807) is 24.2 Å². The number of aliphatic hydroxyl groups is 1. The number of piperidine rings is 1. The quantitative estimate of drug-likeness (QED) is 0.411. The van der Waals surface area contributed by atoms with Crippen molar-refractivity contribution in [3.8, 4) is 0 Å². The fourth-order valence-corrected chi connectivity index (χ4v) is 5.08. The predicted molar refractivity (Wildman–Crippen MR) is 138 cm³/mol. The number of benzene rings is 2. The molecule has 2 aromatic heterocycles. The Morgan fingerprint density at radius 2 is 1.94 bits per heavy atom. The number of hydrogen-bond acceptors (Lipinski definition) is 5. The molecule has 0 bridgehead atoms. The van der Waals surface area contributed by atoms with Gasteiger partial charge in [0.05, 0.1) is 11.1 Å². The molecule has 35 heavy (non-hydrogen) atoms. The van der Waals surface area contributed by atoms with Gasteiger partial charge < -0.3 is 19.3 Å². The number of fused-ring (bicyclic) bond motifs is 2. The van der Waals surface area contributed by atoms with Gasteiger partial charge in [0.1, 0.15) is 5.58 Å². The molecule has 0 aliphatic carbocycles. The minimum atomic E-state index is -0.846. The lowest BCUT2D eigenvalue weighted by atomic mass is 9.83. The molecular formula is C29H33N3O3. The zero-order valence-electron chi connectivity index (χ0n) is 20.7. The van der Waals surface area contributed by atoms with Crippen molar-refractivity contribution < 1.29 is 14.3 Å². The fraction of sp³-hybridized carbons (Fsp3) is 0.379. The summed E-state index contributed by atoms with van der Waals surface area (Å²) in [6, 6.07) is 18.1. The zero-order valence-corrected chi connectivity index (χ0v) is 20.7. The normalized spacial score (nSPS) is 17.0. The van der Waals surface area contributed by atoms with E-state index >= 15 is 0 Å². The van der Waals surface area contributed by atoms with Gasteiger partial charge in [-0.2, -0.15) is 0 Å². The first-order valence-corrected chi connectivity index (χ1v) is 12.5. The average Bonchev–Trinajstić information content (AvgIpc) is 3.31. The second-order valence-corrected chi connectivity index (χ2v) is 9.88. The fourth-order valence-electron chi connectivity index (χ4n) is 5.08. The van der Waals surface area contributed by atoms with Crippen LogP contribution in [0, 0.1) is 0 Å². The van der Waals surface area contributed by atoms with Crippen molar-refractivity contribution in [2.24, 2.45) is 0 Å². The van der Waals surface area contributed by atoms with Gasteiger partial charge in [-0.3, -0.25) is 9.78 Å². The molecule has 0 unspecified atom stereocenters. The van der Waals surface area contributed by atoms with Crippen LogP contribution >= 0.6 is 0 Å². The summed E-state index contributed by atoms with van der Waals surface area (Å²) in [4.78, 5) is 21.6. The Labute approximate surface area is 206 Å². The summed E-state index contributed by atoms with van der Waals surface area (Å²) >= 11 is 0. The maximum Gasteiger partial charge on any atom is 0.289 e. The lowest BCUT2D eigenvalue weighted by molar-refractivity contribution is -0.0342. The van der Waals surface area contributed by atoms with Crippen LogP contribution in [0.15, 0.2) is 65.2 Å². The van der Waals surface area contributed by atoms with Gasteiger partial charge >= 0.3 is 0 Å². The number of aromatic nitrogens is 1. The lowest BCUT2D eigenvalue weighted by Crippen LogP contribution is -2.45. The summed E-state index contributed by atoms with van der Waals surface area (Å²) in [5.41, 5.74) is 2.67. The first-order chi connectivity index (χ1) is 16.9. The summed E-state index contributed by atoms with van der Waals surface area (Å²) in [6.07, 6.45) is 4.30. The molecule has 0 radical (unpaired) electrons. The summed E-state index contributed by atoms with van der Waals surface area (Å²) in [6.45, 7) is 6.68. The lowest BCUT2D eigenvalue weighted by Gasteiger charge is -2.41. The van der Waals surface area contributed by atoms with Crippen molar-refractivity contribution >= 4 is 27.8 Å². The van der Waals surface area contributed by atoms with E-state index in [0.717, 1.165) is 46.9 Å². The summed E-state index contributed by atoms with van der Waals surface area (Å²) in [5.74, 6) is 0.135. The first kappa shape index (κ1) is 23.5. The van der Waals surface area contributed by atoms with Gasteiger partial charge in [0.15, 0.2) is 5.76 Å². The molecular weight excluding hydrogens is 438 g/mol. The molecule has 1 aliphatic rings. The van der Waals surface area contributed by atoms with E-state index in [2.05, 4.69) is 29.8 Å². The van der Waals surface area contributed by atoms with Gasteiger partial charge in [-0.25, -0.2) is 0 Å². The Bertz CT molecular complexity index is 1350. The maximum absolute atomic E-state index is 13.1. The van der Waals surface area contributed by atoms with Gasteiger partial charge in [0.2, 0.25) is 0 Å². The van der Waals surface area contributed by atoms with E-state index < -0.39 is 5.60 Å². The van der Waals surface area contributed by atoms with Crippen molar-refractivity contribution in [3.05, 3.63) is 77.7 Å². The van der Waals surface area contributed by atoms with Crippen LogP contribution in [-0.4, -0.2) is 52.0 Å². The molecule has 182 valence electrons. The van der Waals surface area contributed by atoms with Crippen LogP contribution in [0.2, 0.25) is 0 Å². The highest BCUT2D eigenvalue weighted by Crippen LogP contribution is 2.36. The van der Waals surface area contributed by atoms with E-state index in [9.17, 15) is 9.90 Å². The molecule has 1 N–H and O–H groups in total. The number of hydrogen-bond donors (Lipinski definition) is 1. The largest absolute Gasteiger partial charge is 0.451 e. The van der Waals surface area contributed by atoms with E-state index in [4.69, 9.17) is 4.42 Å². The highest BCUT2D eigenvalue weighted by Gasteiger charge is 2.35. The molecule has 4 aromatic rings. The van der Waals surface area contributed by atoms with Gasteiger partial charge in [0, 0.05) is 49.7 Å². The third kappa shape index (κ3) is 4.68. The van der Waals surface area contributed by atoms with Crippen molar-refractivity contribution in [2.75, 3.05) is 20.1 Å². The summed E-state index contributed by atoms with van der Waals surface area (Å²) in [7, 11) is 1.78. The number of pyridine rings is 1. The Hall–Kier alpha value is -3.22. The third-order valence-electron chi connectivity index (χ3n) is 7.54. The summed E-state index contributed by atoms with van der Waals surface area (Å²) in [5, 5.41) is 13.3. The number of likely N-dealkylation sites (tertiary alicyclic amines) is 1. The number of amides is 1. The number of rotatable bonds is 6. The second-order valence-electron chi connectivity index (χ2n) is 9.88. The molecule has 1 atom stereocenters. The van der Waals surface area contributed by atoms with Crippen molar-refractivity contribution in [2.45, 2.75) is 51.3 Å². The second kappa shape index (κ2) is 9.44. The Kier molecular flexibility index (Phi) is 6.34. The maximum atomic E-state index is 13.1. The average molecular weight is 472 g/mol. The molecule has 6 nitrogen and oxygen atoms in total. The molecule has 1 amide bonds. The minimum absolute atomic E-state index is 0.172. The molecule has 1 saturated heterocycles. The summed E-state index contributed by atoms with van der Waals surface area (Å²) < 4.78 is 5.91. The minimum Gasteiger partial charge on any atom is -0.451 e. The van der Waals surface area contributed by atoms with Crippen molar-refractivity contribution in [3.63, 3.8) is 0 Å². The SMILES string of the molecule is CC[C@H](C)N1CCC(O)(c2ccc3oc(C(=O)N(C)Cc4ccc5ncccc5c4)cc3c2)CC1. The smallest absolute Gasteiger partial charge is 0.289 e. The Morgan fingerprint density at radius 3 is 2.71 bits per heavy atom. The molecule has 1 fully saturated rings. The van der Waals surface area contributed by atoms with Gasteiger partial charge in [-0.15, -0.1) is 0 Å². The van der Waals surface area contributed by atoms with Crippen LogP contribution in [0.1, 0.15) is 54.8 Å². The number of furan rings is 1. The monoisotopic (exact) mass is 471 g/mol. The van der Waals surface area contributed by atoms with Crippen LogP contribution in [0.5, 0.6) is 0 Å². The van der Waals surface area contributed by atoms with Crippen LogP contribution in [-0.2, 0) is 12.1 Å². The number of nitrogens with zero attached hydrogens (tertiary/aromatic N) is 3.